The highest BCUT2D eigenvalue weighted by Gasteiger charge is 2.03. The first-order chi connectivity index (χ1) is 7.66. The van der Waals surface area contributed by atoms with Gasteiger partial charge in [-0.05, 0) is 42.5 Å². The van der Waals surface area contributed by atoms with E-state index in [0.717, 1.165) is 11.4 Å². The summed E-state index contributed by atoms with van der Waals surface area (Å²) in [7, 11) is 1.92. The Bertz CT molecular complexity index is 480. The Morgan fingerprint density at radius 2 is 1.69 bits per heavy atom. The fourth-order valence-corrected chi connectivity index (χ4v) is 1.55. The highest BCUT2D eigenvalue weighted by Crippen LogP contribution is 2.24. The van der Waals surface area contributed by atoms with Crippen LogP contribution in [0.25, 0.3) is 0 Å². The molecule has 0 amide bonds. The van der Waals surface area contributed by atoms with Gasteiger partial charge in [0.2, 0.25) is 0 Å². The summed E-state index contributed by atoms with van der Waals surface area (Å²) in [5.74, 6) is -0.232. The number of anilines is 3. The Balaban J connectivity index is 2.31. The molecule has 2 aromatic carbocycles. The molecule has 0 unspecified atom stereocenters. The van der Waals surface area contributed by atoms with Crippen LogP contribution >= 0.6 is 0 Å². The zero-order valence-electron chi connectivity index (χ0n) is 9.02. The van der Waals surface area contributed by atoms with Gasteiger partial charge in [-0.1, -0.05) is 6.07 Å². The Morgan fingerprint density at radius 3 is 2.31 bits per heavy atom. The molecule has 0 saturated heterocycles. The van der Waals surface area contributed by atoms with E-state index in [-0.39, 0.29) is 5.82 Å². The van der Waals surface area contributed by atoms with E-state index in [9.17, 15) is 4.39 Å². The second-order valence-electron chi connectivity index (χ2n) is 3.63. The predicted octanol–water partition coefficient (Wildman–Crippen LogP) is 3.18. The van der Waals surface area contributed by atoms with Crippen molar-refractivity contribution in [1.29, 1.82) is 0 Å². The Morgan fingerprint density at radius 1 is 1.00 bits per heavy atom. The average Bonchev–Trinajstić information content (AvgIpc) is 2.29. The zero-order chi connectivity index (χ0) is 11.5. The van der Waals surface area contributed by atoms with Gasteiger partial charge in [-0.2, -0.15) is 0 Å². The topological polar surface area (TPSA) is 29.3 Å². The Kier molecular flexibility index (Phi) is 2.77. The van der Waals surface area contributed by atoms with Crippen LogP contribution in [0.4, 0.5) is 21.5 Å². The van der Waals surface area contributed by atoms with Crippen LogP contribution in [0, 0.1) is 5.82 Å². The molecular weight excluding hydrogens is 203 g/mol. The van der Waals surface area contributed by atoms with Gasteiger partial charge in [-0.3, -0.25) is 0 Å². The molecule has 0 aliphatic heterocycles. The number of nitrogens with two attached hydrogens (primary N) is 1. The van der Waals surface area contributed by atoms with Crippen molar-refractivity contribution in [2.75, 3.05) is 17.7 Å². The molecule has 2 nitrogen and oxygen atoms in total. The molecule has 0 aromatic heterocycles. The summed E-state index contributed by atoms with van der Waals surface area (Å²) in [6, 6.07) is 13.9. The number of benzene rings is 2. The summed E-state index contributed by atoms with van der Waals surface area (Å²) in [5.41, 5.74) is 8.33. The lowest BCUT2D eigenvalue weighted by Crippen LogP contribution is -2.09. The largest absolute Gasteiger partial charge is 0.399 e. The molecule has 0 bridgehead atoms. The van der Waals surface area contributed by atoms with Gasteiger partial charge in [-0.15, -0.1) is 0 Å². The molecule has 2 rings (SSSR count). The van der Waals surface area contributed by atoms with Crippen molar-refractivity contribution in [2.45, 2.75) is 0 Å². The summed E-state index contributed by atoms with van der Waals surface area (Å²) in [4.78, 5) is 1.95. The smallest absolute Gasteiger partial charge is 0.123 e. The summed E-state index contributed by atoms with van der Waals surface area (Å²) < 4.78 is 12.8. The minimum absolute atomic E-state index is 0.232. The lowest BCUT2D eigenvalue weighted by Gasteiger charge is -2.19. The van der Waals surface area contributed by atoms with Gasteiger partial charge in [0.25, 0.3) is 0 Å². The lowest BCUT2D eigenvalue weighted by atomic mass is 10.2. The second-order valence-corrected chi connectivity index (χ2v) is 3.63. The van der Waals surface area contributed by atoms with Crippen molar-refractivity contribution in [3.8, 4) is 0 Å². The molecule has 2 aromatic rings. The summed E-state index contributed by atoms with van der Waals surface area (Å²) in [5, 5.41) is 0. The normalized spacial score (nSPS) is 10.1. The maximum atomic E-state index is 12.8. The van der Waals surface area contributed by atoms with Crippen LogP contribution in [-0.2, 0) is 0 Å². The van der Waals surface area contributed by atoms with Gasteiger partial charge in [0, 0.05) is 24.1 Å². The second kappa shape index (κ2) is 4.23. The predicted molar refractivity (Wildman–Crippen MR) is 65.3 cm³/mol. The van der Waals surface area contributed by atoms with Gasteiger partial charge in [0.15, 0.2) is 0 Å². The van der Waals surface area contributed by atoms with Crippen molar-refractivity contribution in [3.63, 3.8) is 0 Å². The van der Waals surface area contributed by atoms with Crippen molar-refractivity contribution >= 4 is 17.1 Å². The van der Waals surface area contributed by atoms with Crippen LogP contribution in [-0.4, -0.2) is 7.05 Å². The van der Waals surface area contributed by atoms with Crippen LogP contribution in [0.2, 0.25) is 0 Å². The molecular formula is C13H13FN2. The third-order valence-corrected chi connectivity index (χ3v) is 2.47. The SMILES string of the molecule is CN(c1ccc(F)cc1)c1cccc(N)c1. The minimum atomic E-state index is -0.232. The van der Waals surface area contributed by atoms with E-state index < -0.39 is 0 Å². The third-order valence-electron chi connectivity index (χ3n) is 2.47. The molecule has 16 heavy (non-hydrogen) atoms. The highest BCUT2D eigenvalue weighted by atomic mass is 19.1. The molecule has 0 heterocycles. The molecule has 0 saturated carbocycles. The molecule has 0 fully saturated rings. The van der Waals surface area contributed by atoms with Gasteiger partial charge in [-0.25, -0.2) is 4.39 Å². The van der Waals surface area contributed by atoms with E-state index in [4.69, 9.17) is 5.73 Å². The van der Waals surface area contributed by atoms with Crippen molar-refractivity contribution in [3.05, 3.63) is 54.3 Å². The van der Waals surface area contributed by atoms with Gasteiger partial charge >= 0.3 is 0 Å². The van der Waals surface area contributed by atoms with Crippen molar-refractivity contribution < 1.29 is 4.39 Å². The molecule has 0 aliphatic rings. The minimum Gasteiger partial charge on any atom is -0.399 e. The quantitative estimate of drug-likeness (QED) is 0.781. The van der Waals surface area contributed by atoms with Crippen LogP contribution in [0.15, 0.2) is 48.5 Å². The first-order valence-electron chi connectivity index (χ1n) is 5.01. The Labute approximate surface area is 94.1 Å². The molecule has 0 atom stereocenters. The van der Waals surface area contributed by atoms with Gasteiger partial charge < -0.3 is 10.6 Å². The average molecular weight is 216 g/mol. The van der Waals surface area contributed by atoms with Crippen LogP contribution < -0.4 is 10.6 Å². The highest BCUT2D eigenvalue weighted by molar-refractivity contribution is 5.65. The number of nitrogens with zero attached hydrogens (tertiary/aromatic N) is 1. The number of halogens is 1. The van der Waals surface area contributed by atoms with E-state index in [1.54, 1.807) is 12.1 Å². The first-order valence-corrected chi connectivity index (χ1v) is 5.01. The van der Waals surface area contributed by atoms with Crippen molar-refractivity contribution in [1.82, 2.24) is 0 Å². The van der Waals surface area contributed by atoms with Crippen molar-refractivity contribution in [2.24, 2.45) is 0 Å². The maximum absolute atomic E-state index is 12.8. The van der Waals surface area contributed by atoms with Crippen LogP contribution in [0.5, 0.6) is 0 Å². The molecule has 0 aliphatic carbocycles. The van der Waals surface area contributed by atoms with E-state index >= 15 is 0 Å². The third kappa shape index (κ3) is 2.14. The molecule has 3 heteroatoms. The molecule has 0 spiro atoms. The fourth-order valence-electron chi connectivity index (χ4n) is 1.55. The standard InChI is InChI=1S/C13H13FN2/c1-16(12-7-5-10(14)6-8-12)13-4-2-3-11(15)9-13/h2-9H,15H2,1H3. The molecule has 2 N–H and O–H groups in total. The maximum Gasteiger partial charge on any atom is 0.123 e. The fraction of sp³-hybridized carbons (Fsp3) is 0.0769. The zero-order valence-corrected chi connectivity index (χ0v) is 9.02. The van der Waals surface area contributed by atoms with Gasteiger partial charge in [0.1, 0.15) is 5.82 Å². The number of hydrogen-bond acceptors (Lipinski definition) is 2. The summed E-state index contributed by atoms with van der Waals surface area (Å²) in [6.07, 6.45) is 0. The monoisotopic (exact) mass is 216 g/mol. The number of hydrogen-bond donors (Lipinski definition) is 1. The Hall–Kier alpha value is -2.03. The van der Waals surface area contributed by atoms with E-state index in [1.165, 1.54) is 12.1 Å². The van der Waals surface area contributed by atoms with E-state index in [1.807, 2.05) is 36.2 Å². The van der Waals surface area contributed by atoms with Crippen LogP contribution in [0.3, 0.4) is 0 Å². The van der Waals surface area contributed by atoms with Crippen LogP contribution in [0.1, 0.15) is 0 Å². The van der Waals surface area contributed by atoms with E-state index in [2.05, 4.69) is 0 Å². The number of nitrogen functional groups attached to an aromatic ring is 1. The molecule has 82 valence electrons. The molecule has 0 radical (unpaired) electrons. The summed E-state index contributed by atoms with van der Waals surface area (Å²) >= 11 is 0. The van der Waals surface area contributed by atoms with E-state index in [0.29, 0.717) is 5.69 Å². The van der Waals surface area contributed by atoms with Gasteiger partial charge in [0.05, 0.1) is 0 Å². The summed E-state index contributed by atoms with van der Waals surface area (Å²) in [6.45, 7) is 0. The first kappa shape index (κ1) is 10.5. The number of rotatable bonds is 2. The lowest BCUT2D eigenvalue weighted by molar-refractivity contribution is 0.628.